The molecule has 0 fully saturated rings. The first-order valence-corrected chi connectivity index (χ1v) is 9.20. The van der Waals surface area contributed by atoms with Crippen molar-refractivity contribution >= 4 is 5.91 Å². The largest absolute Gasteiger partial charge is 0.496 e. The number of nitrogens with two attached hydrogens (primary N) is 1. The number of carbonyl (C=O) groups excluding carboxylic acids is 1. The van der Waals surface area contributed by atoms with Gasteiger partial charge in [-0.2, -0.15) is 0 Å². The van der Waals surface area contributed by atoms with Crippen LogP contribution in [-0.2, 0) is 6.54 Å². The Hall–Kier alpha value is -3.18. The lowest BCUT2D eigenvalue weighted by Gasteiger charge is -2.16. The monoisotopic (exact) mass is 375 g/mol. The summed E-state index contributed by atoms with van der Waals surface area (Å²) in [7, 11) is 1.63. The molecule has 3 N–H and O–H groups in total. The van der Waals surface area contributed by atoms with Gasteiger partial charge in [-0.1, -0.05) is 35.9 Å². The molecule has 1 aromatic heterocycles. The first kappa shape index (κ1) is 19.6. The number of methoxy groups -OCH3 is 1. The maximum Gasteiger partial charge on any atom is 0.250 e. The van der Waals surface area contributed by atoms with Crippen molar-refractivity contribution in [1.29, 1.82) is 0 Å². The molecular weight excluding hydrogens is 350 g/mol. The number of rotatable bonds is 7. The zero-order valence-electron chi connectivity index (χ0n) is 16.4. The summed E-state index contributed by atoms with van der Waals surface area (Å²) >= 11 is 0. The third-order valence-corrected chi connectivity index (χ3v) is 4.79. The van der Waals surface area contributed by atoms with Gasteiger partial charge in [-0.25, -0.2) is 0 Å². The van der Waals surface area contributed by atoms with Crippen LogP contribution in [0, 0.1) is 6.92 Å². The summed E-state index contributed by atoms with van der Waals surface area (Å²) in [6.07, 6.45) is 3.17. The van der Waals surface area contributed by atoms with Crippen LogP contribution < -0.4 is 15.8 Å². The minimum Gasteiger partial charge on any atom is -0.496 e. The Kier molecular flexibility index (Phi) is 6.06. The van der Waals surface area contributed by atoms with Crippen molar-refractivity contribution in [1.82, 2.24) is 10.3 Å². The fraction of sp³-hybridized carbons (Fsp3) is 0.217. The van der Waals surface area contributed by atoms with E-state index in [2.05, 4.69) is 54.5 Å². The van der Waals surface area contributed by atoms with Gasteiger partial charge in [0.2, 0.25) is 5.91 Å². The Bertz CT molecular complexity index is 968. The highest BCUT2D eigenvalue weighted by Gasteiger charge is 2.11. The van der Waals surface area contributed by atoms with Gasteiger partial charge in [0.1, 0.15) is 5.75 Å². The number of nitrogens with zero attached hydrogens (tertiary/aromatic N) is 1. The average Bonchev–Trinajstić information content (AvgIpc) is 2.72. The summed E-state index contributed by atoms with van der Waals surface area (Å²) in [6.45, 7) is 4.94. The lowest BCUT2D eigenvalue weighted by atomic mass is 10.0. The first-order valence-electron chi connectivity index (χ1n) is 9.20. The molecule has 5 nitrogen and oxygen atoms in total. The van der Waals surface area contributed by atoms with Gasteiger partial charge in [0.05, 0.1) is 12.7 Å². The minimum absolute atomic E-state index is 0.228. The Morgan fingerprint density at radius 1 is 1.14 bits per heavy atom. The highest BCUT2D eigenvalue weighted by molar-refractivity contribution is 5.93. The summed E-state index contributed by atoms with van der Waals surface area (Å²) in [5, 5.41) is 3.55. The molecule has 1 atom stereocenters. The number of pyridine rings is 1. The smallest absolute Gasteiger partial charge is 0.250 e. The van der Waals surface area contributed by atoms with Crippen LogP contribution in [0.25, 0.3) is 11.1 Å². The van der Waals surface area contributed by atoms with Gasteiger partial charge in [0.25, 0.3) is 0 Å². The summed E-state index contributed by atoms with van der Waals surface area (Å²) in [6, 6.07) is 16.5. The molecule has 0 saturated heterocycles. The van der Waals surface area contributed by atoms with Gasteiger partial charge in [0, 0.05) is 36.1 Å². The van der Waals surface area contributed by atoms with E-state index in [0.29, 0.717) is 12.1 Å². The molecule has 1 heterocycles. The average molecular weight is 375 g/mol. The summed E-state index contributed by atoms with van der Waals surface area (Å²) in [4.78, 5) is 15.6. The van der Waals surface area contributed by atoms with Crippen molar-refractivity contribution in [3.63, 3.8) is 0 Å². The number of primary amides is 1. The van der Waals surface area contributed by atoms with Crippen LogP contribution in [0.5, 0.6) is 5.75 Å². The topological polar surface area (TPSA) is 77.2 Å². The third kappa shape index (κ3) is 4.56. The molecule has 3 aromatic rings. The second kappa shape index (κ2) is 8.67. The van der Waals surface area contributed by atoms with E-state index in [0.717, 1.165) is 22.4 Å². The lowest BCUT2D eigenvalue weighted by Crippen LogP contribution is -2.18. The van der Waals surface area contributed by atoms with E-state index in [-0.39, 0.29) is 6.04 Å². The van der Waals surface area contributed by atoms with E-state index in [4.69, 9.17) is 10.5 Å². The molecule has 28 heavy (non-hydrogen) atoms. The van der Waals surface area contributed by atoms with Gasteiger partial charge in [-0.15, -0.1) is 0 Å². The first-order chi connectivity index (χ1) is 13.5. The van der Waals surface area contributed by atoms with Crippen LogP contribution in [0.4, 0.5) is 0 Å². The van der Waals surface area contributed by atoms with Gasteiger partial charge in [-0.05, 0) is 43.2 Å². The highest BCUT2D eigenvalue weighted by atomic mass is 16.5. The van der Waals surface area contributed by atoms with Crippen molar-refractivity contribution in [2.75, 3.05) is 7.11 Å². The summed E-state index contributed by atoms with van der Waals surface area (Å²) in [5.41, 5.74) is 11.0. The molecule has 0 aliphatic rings. The van der Waals surface area contributed by atoms with E-state index in [9.17, 15) is 4.79 Å². The summed E-state index contributed by atoms with van der Waals surface area (Å²) in [5.74, 6) is 0.219. The van der Waals surface area contributed by atoms with Crippen LogP contribution in [0.15, 0.2) is 60.9 Å². The molecule has 0 radical (unpaired) electrons. The Morgan fingerprint density at radius 2 is 1.89 bits per heavy atom. The zero-order chi connectivity index (χ0) is 20.1. The van der Waals surface area contributed by atoms with E-state index >= 15 is 0 Å². The van der Waals surface area contributed by atoms with Crippen molar-refractivity contribution in [3.8, 4) is 16.9 Å². The molecule has 1 unspecified atom stereocenters. The third-order valence-electron chi connectivity index (χ3n) is 4.79. The number of ether oxygens (including phenoxy) is 1. The molecule has 5 heteroatoms. The number of benzene rings is 2. The molecule has 0 aliphatic heterocycles. The number of carbonyl (C=O) groups is 1. The molecule has 0 aliphatic carbocycles. The van der Waals surface area contributed by atoms with E-state index in [1.165, 1.54) is 17.3 Å². The zero-order valence-corrected chi connectivity index (χ0v) is 16.4. The number of amides is 1. The second-order valence-corrected chi connectivity index (χ2v) is 6.87. The molecule has 0 spiro atoms. The van der Waals surface area contributed by atoms with Crippen molar-refractivity contribution in [3.05, 3.63) is 83.2 Å². The molecule has 0 bridgehead atoms. The standard InChI is InChI=1S/C23H25N3O2/c1-15-4-7-18(8-5-15)16(2)26-12-17-6-9-22(28-3)21(10-17)19-11-20(23(24)27)14-25-13-19/h4-11,13-14,16,26H,12H2,1-3H3,(H2,24,27). The normalized spacial score (nSPS) is 11.8. The van der Waals surface area contributed by atoms with Crippen molar-refractivity contribution in [2.45, 2.75) is 26.4 Å². The number of hydrogen-bond donors (Lipinski definition) is 2. The molecule has 0 saturated carbocycles. The van der Waals surface area contributed by atoms with Crippen LogP contribution in [0.2, 0.25) is 0 Å². The maximum atomic E-state index is 11.5. The molecule has 1 amide bonds. The van der Waals surface area contributed by atoms with Gasteiger partial charge < -0.3 is 15.8 Å². The molecule has 3 rings (SSSR count). The predicted molar refractivity (Wildman–Crippen MR) is 111 cm³/mol. The van der Waals surface area contributed by atoms with Crippen LogP contribution >= 0.6 is 0 Å². The fourth-order valence-corrected chi connectivity index (χ4v) is 3.06. The van der Waals surface area contributed by atoms with Crippen LogP contribution in [0.3, 0.4) is 0 Å². The highest BCUT2D eigenvalue weighted by Crippen LogP contribution is 2.31. The quantitative estimate of drug-likeness (QED) is 0.654. The number of aromatic nitrogens is 1. The fourth-order valence-electron chi connectivity index (χ4n) is 3.06. The van der Waals surface area contributed by atoms with Crippen LogP contribution in [0.1, 0.15) is 40.0 Å². The number of nitrogens with one attached hydrogen (secondary N) is 1. The van der Waals surface area contributed by atoms with Crippen molar-refractivity contribution < 1.29 is 9.53 Å². The van der Waals surface area contributed by atoms with E-state index in [1.807, 2.05) is 12.1 Å². The Labute approximate surface area is 165 Å². The van der Waals surface area contributed by atoms with E-state index < -0.39 is 5.91 Å². The van der Waals surface area contributed by atoms with E-state index in [1.54, 1.807) is 19.4 Å². The molecule has 144 valence electrons. The second-order valence-electron chi connectivity index (χ2n) is 6.87. The number of hydrogen-bond acceptors (Lipinski definition) is 4. The minimum atomic E-state index is -0.502. The SMILES string of the molecule is COc1ccc(CNC(C)c2ccc(C)cc2)cc1-c1cncc(C(N)=O)c1. The Morgan fingerprint density at radius 3 is 2.57 bits per heavy atom. The van der Waals surface area contributed by atoms with Gasteiger partial charge >= 0.3 is 0 Å². The summed E-state index contributed by atoms with van der Waals surface area (Å²) < 4.78 is 5.50. The maximum absolute atomic E-state index is 11.5. The number of aryl methyl sites for hydroxylation is 1. The van der Waals surface area contributed by atoms with Crippen LogP contribution in [-0.4, -0.2) is 18.0 Å². The predicted octanol–water partition coefficient (Wildman–Crippen LogP) is 4.02. The van der Waals surface area contributed by atoms with Crippen molar-refractivity contribution in [2.24, 2.45) is 5.73 Å². The molecular formula is C23H25N3O2. The lowest BCUT2D eigenvalue weighted by molar-refractivity contribution is 0.1000. The molecule has 2 aromatic carbocycles. The van der Waals surface area contributed by atoms with Gasteiger partial charge in [0.15, 0.2) is 0 Å². The Balaban J connectivity index is 1.82. The van der Waals surface area contributed by atoms with Gasteiger partial charge in [-0.3, -0.25) is 9.78 Å².